The van der Waals surface area contributed by atoms with Crippen LogP contribution in [0.1, 0.15) is 57.5 Å². The van der Waals surface area contributed by atoms with E-state index in [0.29, 0.717) is 5.69 Å². The van der Waals surface area contributed by atoms with Gasteiger partial charge in [-0.05, 0) is 26.2 Å². The third kappa shape index (κ3) is 3.46. The molecule has 0 aliphatic carbocycles. The molecule has 112 valence electrons. The number of anilines is 1. The first-order valence-electron chi connectivity index (χ1n) is 7.37. The Morgan fingerprint density at radius 1 is 1.35 bits per heavy atom. The van der Waals surface area contributed by atoms with Gasteiger partial charge in [0.1, 0.15) is 5.82 Å². The number of hydrogen-bond acceptors (Lipinski definition) is 5. The summed E-state index contributed by atoms with van der Waals surface area (Å²) >= 11 is 0. The molecule has 1 unspecified atom stereocenters. The lowest BCUT2D eigenvalue weighted by atomic mass is 9.98. The monoisotopic (exact) mass is 279 g/mol. The number of aromatic nitrogens is 2. The van der Waals surface area contributed by atoms with E-state index in [4.69, 9.17) is 0 Å². The Bertz CT molecular complexity index is 460. The van der Waals surface area contributed by atoms with E-state index < -0.39 is 5.60 Å². The van der Waals surface area contributed by atoms with E-state index in [0.717, 1.165) is 43.9 Å². The average Bonchev–Trinajstić information content (AvgIpc) is 2.59. The largest absolute Gasteiger partial charge is 0.390 e. The minimum atomic E-state index is -0.590. The molecular weight excluding hydrogens is 254 g/mol. The van der Waals surface area contributed by atoms with Crippen molar-refractivity contribution in [2.75, 3.05) is 18.0 Å². The molecule has 0 saturated carbocycles. The van der Waals surface area contributed by atoms with Gasteiger partial charge in [0.25, 0.3) is 0 Å². The van der Waals surface area contributed by atoms with E-state index in [9.17, 15) is 10.2 Å². The van der Waals surface area contributed by atoms with Crippen molar-refractivity contribution in [3.63, 3.8) is 0 Å². The third-order valence-electron chi connectivity index (χ3n) is 3.93. The highest BCUT2D eigenvalue weighted by molar-refractivity contribution is 5.49. The van der Waals surface area contributed by atoms with Crippen molar-refractivity contribution < 1.29 is 10.2 Å². The predicted octanol–water partition coefficient (Wildman–Crippen LogP) is 1.83. The van der Waals surface area contributed by atoms with E-state index in [1.54, 1.807) is 0 Å². The first-order valence-corrected chi connectivity index (χ1v) is 7.37. The second-order valence-electron chi connectivity index (χ2n) is 6.21. The summed E-state index contributed by atoms with van der Waals surface area (Å²) in [5.41, 5.74) is 0.993. The lowest BCUT2D eigenvalue weighted by molar-refractivity contribution is 0.0481. The number of aliphatic hydroxyl groups is 2. The number of aliphatic hydroxyl groups excluding tert-OH is 1. The van der Waals surface area contributed by atoms with Crippen LogP contribution >= 0.6 is 0 Å². The Morgan fingerprint density at radius 3 is 2.75 bits per heavy atom. The second-order valence-corrected chi connectivity index (χ2v) is 6.21. The molecule has 0 bridgehead atoms. The predicted molar refractivity (Wildman–Crippen MR) is 78.7 cm³/mol. The molecule has 2 rings (SSSR count). The molecule has 1 aliphatic heterocycles. The highest BCUT2D eigenvalue weighted by Crippen LogP contribution is 2.27. The van der Waals surface area contributed by atoms with Crippen molar-refractivity contribution in [3.8, 4) is 0 Å². The molecule has 1 fully saturated rings. The van der Waals surface area contributed by atoms with Gasteiger partial charge in [0, 0.05) is 19.0 Å². The fourth-order valence-corrected chi connectivity index (χ4v) is 2.59. The maximum absolute atomic E-state index is 10.2. The lowest BCUT2D eigenvalue weighted by Gasteiger charge is -2.25. The van der Waals surface area contributed by atoms with Crippen molar-refractivity contribution in [1.82, 2.24) is 9.97 Å². The van der Waals surface area contributed by atoms with Gasteiger partial charge in [-0.15, -0.1) is 0 Å². The van der Waals surface area contributed by atoms with E-state index in [2.05, 4.69) is 14.9 Å². The van der Waals surface area contributed by atoms with E-state index >= 15 is 0 Å². The molecule has 20 heavy (non-hydrogen) atoms. The molecule has 0 spiro atoms. The zero-order chi connectivity index (χ0) is 14.8. The second kappa shape index (κ2) is 6.06. The number of hydrogen-bond donors (Lipinski definition) is 2. The van der Waals surface area contributed by atoms with E-state index in [-0.39, 0.29) is 12.5 Å². The third-order valence-corrected chi connectivity index (χ3v) is 3.93. The topological polar surface area (TPSA) is 69.5 Å². The van der Waals surface area contributed by atoms with Crippen molar-refractivity contribution in [2.24, 2.45) is 0 Å². The normalized spacial score (nSPS) is 24.0. The van der Waals surface area contributed by atoms with Crippen LogP contribution in [0.3, 0.4) is 0 Å². The summed E-state index contributed by atoms with van der Waals surface area (Å²) in [6, 6.07) is 0. The van der Waals surface area contributed by atoms with Gasteiger partial charge in [-0.2, -0.15) is 0 Å². The number of rotatable bonds is 3. The summed E-state index contributed by atoms with van der Waals surface area (Å²) in [6.45, 7) is 7.53. The van der Waals surface area contributed by atoms with Gasteiger partial charge in [0.2, 0.25) is 0 Å². The standard InChI is InChI=1S/C15H25N3O2/c1-11(2)14-16-9-13(12(10-19)17-14)18-7-4-5-15(3,20)6-8-18/h9,11,19-20H,4-8,10H2,1-3H3. The van der Waals surface area contributed by atoms with Crippen molar-refractivity contribution >= 4 is 5.69 Å². The molecule has 5 nitrogen and oxygen atoms in total. The van der Waals surface area contributed by atoms with Gasteiger partial charge in [0.15, 0.2) is 0 Å². The van der Waals surface area contributed by atoms with Gasteiger partial charge in [-0.3, -0.25) is 0 Å². The summed E-state index contributed by atoms with van der Waals surface area (Å²) in [7, 11) is 0. The smallest absolute Gasteiger partial charge is 0.131 e. The molecule has 0 radical (unpaired) electrons. The quantitative estimate of drug-likeness (QED) is 0.883. The molecule has 5 heteroatoms. The van der Waals surface area contributed by atoms with Crippen LogP contribution in [0.2, 0.25) is 0 Å². The molecule has 1 aromatic heterocycles. The first-order chi connectivity index (χ1) is 9.43. The summed E-state index contributed by atoms with van der Waals surface area (Å²) in [4.78, 5) is 11.0. The Balaban J connectivity index is 2.23. The van der Waals surface area contributed by atoms with E-state index in [1.165, 1.54) is 0 Å². The Hall–Kier alpha value is -1.20. The van der Waals surface area contributed by atoms with Crippen molar-refractivity contribution in [2.45, 2.75) is 58.2 Å². The van der Waals surface area contributed by atoms with Crippen LogP contribution in [0.4, 0.5) is 5.69 Å². The number of nitrogens with zero attached hydrogens (tertiary/aromatic N) is 3. The zero-order valence-corrected chi connectivity index (χ0v) is 12.6. The van der Waals surface area contributed by atoms with Crippen LogP contribution in [0.25, 0.3) is 0 Å². The van der Waals surface area contributed by atoms with Gasteiger partial charge in [-0.1, -0.05) is 13.8 Å². The van der Waals surface area contributed by atoms with E-state index in [1.807, 2.05) is 27.0 Å². The average molecular weight is 279 g/mol. The first kappa shape index (κ1) is 15.2. The highest BCUT2D eigenvalue weighted by Gasteiger charge is 2.26. The van der Waals surface area contributed by atoms with Crippen LogP contribution in [0, 0.1) is 0 Å². The van der Waals surface area contributed by atoms with Gasteiger partial charge in [-0.25, -0.2) is 9.97 Å². The molecule has 1 aliphatic rings. The molecule has 1 atom stereocenters. The van der Waals surface area contributed by atoms with Crippen LogP contribution in [-0.2, 0) is 6.61 Å². The van der Waals surface area contributed by atoms with Crippen LogP contribution in [-0.4, -0.2) is 38.9 Å². The highest BCUT2D eigenvalue weighted by atomic mass is 16.3. The summed E-state index contributed by atoms with van der Waals surface area (Å²) in [5, 5.41) is 19.7. The molecule has 0 amide bonds. The summed E-state index contributed by atoms with van der Waals surface area (Å²) < 4.78 is 0. The molecule has 0 aromatic carbocycles. The van der Waals surface area contributed by atoms with Crippen molar-refractivity contribution in [3.05, 3.63) is 17.7 Å². The molecule has 1 aromatic rings. The summed E-state index contributed by atoms with van der Waals surface area (Å²) in [6.07, 6.45) is 4.28. The van der Waals surface area contributed by atoms with Crippen LogP contribution in [0.5, 0.6) is 0 Å². The molecule has 1 saturated heterocycles. The Morgan fingerprint density at radius 2 is 2.10 bits per heavy atom. The fourth-order valence-electron chi connectivity index (χ4n) is 2.59. The molecular formula is C15H25N3O2. The Kier molecular flexibility index (Phi) is 4.60. The zero-order valence-electron chi connectivity index (χ0n) is 12.6. The van der Waals surface area contributed by atoms with Crippen LogP contribution in [0.15, 0.2) is 6.20 Å². The lowest BCUT2D eigenvalue weighted by Crippen LogP contribution is -2.29. The van der Waals surface area contributed by atoms with Gasteiger partial charge >= 0.3 is 0 Å². The van der Waals surface area contributed by atoms with Gasteiger partial charge in [0.05, 0.1) is 29.8 Å². The minimum Gasteiger partial charge on any atom is -0.390 e. The fraction of sp³-hybridized carbons (Fsp3) is 0.733. The minimum absolute atomic E-state index is 0.0789. The maximum Gasteiger partial charge on any atom is 0.131 e. The molecule has 2 heterocycles. The van der Waals surface area contributed by atoms with Gasteiger partial charge < -0.3 is 15.1 Å². The maximum atomic E-state index is 10.2. The Labute approximate surface area is 120 Å². The van der Waals surface area contributed by atoms with Crippen molar-refractivity contribution in [1.29, 1.82) is 0 Å². The molecule has 2 N–H and O–H groups in total. The summed E-state index contributed by atoms with van der Waals surface area (Å²) in [5.74, 6) is 1.01. The SMILES string of the molecule is CC(C)c1ncc(N2CCCC(C)(O)CC2)c(CO)n1. The van der Waals surface area contributed by atoms with Crippen LogP contribution < -0.4 is 4.90 Å².